The average molecular weight is 394 g/mol. The van der Waals surface area contributed by atoms with E-state index >= 15 is 0 Å². The van der Waals surface area contributed by atoms with Gasteiger partial charge in [0.2, 0.25) is 0 Å². The second-order valence-electron chi connectivity index (χ2n) is 6.83. The smallest absolute Gasteiger partial charge is 0.411 e. The van der Waals surface area contributed by atoms with Crippen LogP contribution in [0.3, 0.4) is 0 Å². The molecule has 0 bridgehead atoms. The Kier molecular flexibility index (Phi) is 5.14. The molecule has 0 unspecified atom stereocenters. The summed E-state index contributed by atoms with van der Waals surface area (Å²) >= 11 is 0. The number of alkyl halides is 3. The topological polar surface area (TPSA) is 50.7 Å². The average Bonchev–Trinajstić information content (AvgIpc) is 2.61. The van der Waals surface area contributed by atoms with Gasteiger partial charge in [-0.3, -0.25) is 10.1 Å². The van der Waals surface area contributed by atoms with Gasteiger partial charge < -0.3 is 4.74 Å². The highest BCUT2D eigenvalue weighted by molar-refractivity contribution is 6.04. The molecule has 1 N–H and O–H groups in total. The van der Waals surface area contributed by atoms with E-state index in [1.54, 1.807) is 31.2 Å². The summed E-state index contributed by atoms with van der Waals surface area (Å²) in [6, 6.07) is 9.39. The fourth-order valence-electron chi connectivity index (χ4n) is 3.06. The van der Waals surface area contributed by atoms with Gasteiger partial charge in [0, 0.05) is 17.5 Å². The Hall–Kier alpha value is -2.90. The molecule has 0 spiro atoms. The van der Waals surface area contributed by atoms with Gasteiger partial charge in [-0.1, -0.05) is 30.3 Å². The van der Waals surface area contributed by atoms with E-state index < -0.39 is 42.0 Å². The number of halogens is 4. The molecular formula is C20H18F4N2O2. The van der Waals surface area contributed by atoms with Crippen molar-refractivity contribution >= 4 is 11.9 Å². The van der Waals surface area contributed by atoms with Crippen LogP contribution in [0.15, 0.2) is 53.5 Å². The van der Waals surface area contributed by atoms with E-state index in [2.05, 4.69) is 10.3 Å². The van der Waals surface area contributed by atoms with E-state index in [-0.39, 0.29) is 11.1 Å². The van der Waals surface area contributed by atoms with Crippen molar-refractivity contribution in [2.45, 2.75) is 38.1 Å². The lowest BCUT2D eigenvalue weighted by atomic mass is 9.87. The molecule has 0 fully saturated rings. The Labute approximate surface area is 159 Å². The lowest BCUT2D eigenvalue weighted by Crippen LogP contribution is -2.48. The molecule has 148 valence electrons. The van der Waals surface area contributed by atoms with Crippen molar-refractivity contribution in [1.82, 2.24) is 5.32 Å². The molecule has 0 saturated carbocycles. The summed E-state index contributed by atoms with van der Waals surface area (Å²) in [5.41, 5.74) is -0.835. The Bertz CT molecular complexity index is 912. The molecule has 1 heterocycles. The normalized spacial score (nSPS) is 22.2. The molecule has 1 aliphatic heterocycles. The lowest BCUT2D eigenvalue weighted by Gasteiger charge is -2.38. The summed E-state index contributed by atoms with van der Waals surface area (Å²) in [7, 11) is 0. The van der Waals surface area contributed by atoms with E-state index in [1.807, 2.05) is 0 Å². The number of carbonyl (C=O) groups is 1. The van der Waals surface area contributed by atoms with Gasteiger partial charge in [-0.25, -0.2) is 9.38 Å². The number of rotatable bonds is 2. The highest BCUT2D eigenvalue weighted by Crippen LogP contribution is 2.40. The third kappa shape index (κ3) is 4.16. The fraction of sp³-hybridized carbons (Fsp3) is 0.300. The standard InChI is InChI=1S/C20H18F4N2O2/c1-12-8-9-14(15(21)10-12)19(2)11-16(20(22,23)24)25-18(28-19)26-17(27)13-6-4-3-5-7-13/h3-10,16H,11H2,1-2H3,(H,25,26,27)/t16-,19-/m0/s1. The number of nitrogens with zero attached hydrogens (tertiary/aromatic N) is 1. The number of ether oxygens (including phenoxy) is 1. The van der Waals surface area contributed by atoms with Crippen LogP contribution in [0.1, 0.15) is 34.8 Å². The molecule has 4 nitrogen and oxygen atoms in total. The molecular weight excluding hydrogens is 376 g/mol. The van der Waals surface area contributed by atoms with Gasteiger partial charge in [0.15, 0.2) is 6.04 Å². The van der Waals surface area contributed by atoms with E-state index in [4.69, 9.17) is 4.74 Å². The number of amides is 1. The molecule has 3 rings (SSSR count). The molecule has 0 radical (unpaired) electrons. The van der Waals surface area contributed by atoms with Crippen molar-refractivity contribution in [2.75, 3.05) is 0 Å². The highest BCUT2D eigenvalue weighted by Gasteiger charge is 2.50. The largest absolute Gasteiger partial charge is 0.454 e. The van der Waals surface area contributed by atoms with Crippen LogP contribution in [0.2, 0.25) is 0 Å². The van der Waals surface area contributed by atoms with E-state index in [0.717, 1.165) is 0 Å². The monoisotopic (exact) mass is 394 g/mol. The second-order valence-corrected chi connectivity index (χ2v) is 6.83. The van der Waals surface area contributed by atoms with E-state index in [0.29, 0.717) is 5.56 Å². The third-order valence-electron chi connectivity index (χ3n) is 4.51. The predicted molar refractivity (Wildman–Crippen MR) is 95.4 cm³/mol. The highest BCUT2D eigenvalue weighted by atomic mass is 19.4. The minimum absolute atomic E-state index is 0.0336. The number of aliphatic imine (C=N–C) groups is 1. The quantitative estimate of drug-likeness (QED) is 0.764. The Morgan fingerprint density at radius 2 is 1.89 bits per heavy atom. The molecule has 0 aromatic heterocycles. The van der Waals surface area contributed by atoms with Crippen molar-refractivity contribution in [3.8, 4) is 0 Å². The van der Waals surface area contributed by atoms with Crippen LogP contribution < -0.4 is 5.32 Å². The molecule has 2 atom stereocenters. The van der Waals surface area contributed by atoms with Crippen molar-refractivity contribution in [1.29, 1.82) is 0 Å². The first-order valence-corrected chi connectivity index (χ1v) is 8.55. The zero-order valence-corrected chi connectivity index (χ0v) is 15.2. The summed E-state index contributed by atoms with van der Waals surface area (Å²) in [5.74, 6) is -1.35. The molecule has 1 aliphatic rings. The maximum atomic E-state index is 14.5. The molecule has 2 aromatic rings. The first-order chi connectivity index (χ1) is 13.1. The minimum atomic E-state index is -4.67. The van der Waals surface area contributed by atoms with Crippen LogP contribution in [0.25, 0.3) is 0 Å². The van der Waals surface area contributed by atoms with Crippen LogP contribution in [0, 0.1) is 12.7 Å². The third-order valence-corrected chi connectivity index (χ3v) is 4.51. The molecule has 28 heavy (non-hydrogen) atoms. The van der Waals surface area contributed by atoms with Crippen LogP contribution in [0.5, 0.6) is 0 Å². The summed E-state index contributed by atoms with van der Waals surface area (Å²) < 4.78 is 60.3. The second kappa shape index (κ2) is 7.26. The number of aryl methyl sites for hydroxylation is 1. The SMILES string of the molecule is Cc1ccc([C@]2(C)C[C@@H](C(F)(F)F)N=C(NC(=O)c3ccccc3)O2)c(F)c1. The lowest BCUT2D eigenvalue weighted by molar-refractivity contribution is -0.164. The molecule has 2 aromatic carbocycles. The summed E-state index contributed by atoms with van der Waals surface area (Å²) in [5, 5.41) is 2.26. The first-order valence-electron chi connectivity index (χ1n) is 8.55. The van der Waals surface area contributed by atoms with Gasteiger partial charge >= 0.3 is 6.18 Å². The fourth-order valence-corrected chi connectivity index (χ4v) is 3.06. The van der Waals surface area contributed by atoms with Crippen molar-refractivity contribution in [2.24, 2.45) is 4.99 Å². The predicted octanol–water partition coefficient (Wildman–Crippen LogP) is 4.49. The number of nitrogens with one attached hydrogen (secondary N) is 1. The van der Waals surface area contributed by atoms with Crippen molar-refractivity contribution < 1.29 is 27.1 Å². The van der Waals surface area contributed by atoms with Crippen LogP contribution >= 0.6 is 0 Å². The zero-order chi connectivity index (χ0) is 20.5. The van der Waals surface area contributed by atoms with Crippen LogP contribution in [0.4, 0.5) is 17.6 Å². The zero-order valence-electron chi connectivity index (χ0n) is 15.2. The van der Waals surface area contributed by atoms with Crippen molar-refractivity contribution in [3.05, 3.63) is 71.0 Å². The number of amidine groups is 1. The maximum absolute atomic E-state index is 14.5. The van der Waals surface area contributed by atoms with Gasteiger partial charge in [-0.15, -0.1) is 0 Å². The molecule has 1 amide bonds. The van der Waals surface area contributed by atoms with Gasteiger partial charge in [0.05, 0.1) is 0 Å². The molecule has 0 aliphatic carbocycles. The number of hydrogen-bond donors (Lipinski definition) is 1. The molecule has 0 saturated heterocycles. The van der Waals surface area contributed by atoms with Crippen molar-refractivity contribution in [3.63, 3.8) is 0 Å². The number of benzene rings is 2. The van der Waals surface area contributed by atoms with Gasteiger partial charge in [-0.05, 0) is 37.6 Å². The number of carbonyl (C=O) groups excluding carboxylic acids is 1. The summed E-state index contributed by atoms with van der Waals surface area (Å²) in [4.78, 5) is 15.8. The van der Waals surface area contributed by atoms with Gasteiger partial charge in [0.1, 0.15) is 11.4 Å². The van der Waals surface area contributed by atoms with E-state index in [9.17, 15) is 22.4 Å². The Morgan fingerprint density at radius 1 is 1.21 bits per heavy atom. The van der Waals surface area contributed by atoms with Gasteiger partial charge in [-0.2, -0.15) is 13.2 Å². The summed E-state index contributed by atoms with van der Waals surface area (Å²) in [6.45, 7) is 3.02. The van der Waals surface area contributed by atoms with E-state index in [1.165, 1.54) is 31.2 Å². The Balaban J connectivity index is 1.95. The number of hydrogen-bond acceptors (Lipinski definition) is 3. The summed E-state index contributed by atoms with van der Waals surface area (Å²) in [6.07, 6.45) is -5.28. The maximum Gasteiger partial charge on any atom is 0.411 e. The minimum Gasteiger partial charge on any atom is -0.454 e. The van der Waals surface area contributed by atoms with Crippen LogP contribution in [-0.2, 0) is 10.3 Å². The molecule has 8 heteroatoms. The Morgan fingerprint density at radius 3 is 2.50 bits per heavy atom. The van der Waals surface area contributed by atoms with Crippen LogP contribution in [-0.4, -0.2) is 24.1 Å². The first kappa shape index (κ1) is 19.9. The van der Waals surface area contributed by atoms with Gasteiger partial charge in [0.25, 0.3) is 11.9 Å².